The third-order valence-corrected chi connectivity index (χ3v) is 2.80. The van der Waals surface area contributed by atoms with E-state index in [-0.39, 0.29) is 17.2 Å². The molecule has 0 spiro atoms. The van der Waals surface area contributed by atoms with Crippen LogP contribution in [0.15, 0.2) is 30.3 Å². The van der Waals surface area contributed by atoms with Crippen LogP contribution in [0, 0.1) is 25.2 Å². The summed E-state index contributed by atoms with van der Waals surface area (Å²) in [5.74, 6) is -0.00634. The van der Waals surface area contributed by atoms with Crippen LogP contribution in [0.4, 0.5) is 13.2 Å². The first-order valence-corrected chi connectivity index (χ1v) is 6.04. The second-order valence-electron chi connectivity index (χ2n) is 4.50. The number of nitrogens with zero attached hydrogens (tertiary/aromatic N) is 2. The molecular formula is C15H11F3N2O. The number of aryl methyl sites for hydroxylation is 2. The van der Waals surface area contributed by atoms with E-state index in [4.69, 9.17) is 10.00 Å². The molecule has 0 fully saturated rings. The van der Waals surface area contributed by atoms with Gasteiger partial charge in [0.2, 0.25) is 5.88 Å². The first-order chi connectivity index (χ1) is 9.81. The van der Waals surface area contributed by atoms with E-state index >= 15 is 0 Å². The van der Waals surface area contributed by atoms with E-state index in [0.29, 0.717) is 11.3 Å². The minimum absolute atomic E-state index is 0.00863. The third kappa shape index (κ3) is 3.31. The summed E-state index contributed by atoms with van der Waals surface area (Å²) in [4.78, 5) is 4.07. The largest absolute Gasteiger partial charge is 0.438 e. The lowest BCUT2D eigenvalue weighted by molar-refractivity contribution is -0.137. The van der Waals surface area contributed by atoms with Gasteiger partial charge in [0.1, 0.15) is 17.4 Å². The SMILES string of the molecule is Cc1cc(C)c(C#N)c(Oc2cccc(C(F)(F)F)c2)n1. The second kappa shape index (κ2) is 5.44. The van der Waals surface area contributed by atoms with Crippen molar-refractivity contribution in [3.8, 4) is 17.7 Å². The van der Waals surface area contributed by atoms with Crippen LogP contribution < -0.4 is 4.74 Å². The van der Waals surface area contributed by atoms with Crippen LogP contribution >= 0.6 is 0 Å². The number of rotatable bonds is 2. The van der Waals surface area contributed by atoms with Gasteiger partial charge in [-0.25, -0.2) is 4.98 Å². The molecule has 0 atom stereocenters. The predicted octanol–water partition coefficient (Wildman–Crippen LogP) is 4.38. The normalized spacial score (nSPS) is 11.0. The molecule has 0 amide bonds. The van der Waals surface area contributed by atoms with Crippen molar-refractivity contribution in [1.29, 1.82) is 5.26 Å². The highest BCUT2D eigenvalue weighted by molar-refractivity contribution is 5.47. The summed E-state index contributed by atoms with van der Waals surface area (Å²) in [6.45, 7) is 3.43. The molecule has 1 heterocycles. The number of pyridine rings is 1. The van der Waals surface area contributed by atoms with Gasteiger partial charge in [0.25, 0.3) is 0 Å². The van der Waals surface area contributed by atoms with Gasteiger partial charge in [-0.1, -0.05) is 6.07 Å². The molecule has 1 aromatic carbocycles. The van der Waals surface area contributed by atoms with Gasteiger partial charge >= 0.3 is 6.18 Å². The van der Waals surface area contributed by atoms with Crippen molar-refractivity contribution in [2.45, 2.75) is 20.0 Å². The van der Waals surface area contributed by atoms with Crippen molar-refractivity contribution in [3.63, 3.8) is 0 Å². The van der Waals surface area contributed by atoms with E-state index in [2.05, 4.69) is 4.98 Å². The first-order valence-electron chi connectivity index (χ1n) is 6.04. The fourth-order valence-electron chi connectivity index (χ4n) is 1.86. The van der Waals surface area contributed by atoms with Gasteiger partial charge in [-0.15, -0.1) is 0 Å². The molecule has 0 saturated heterocycles. The number of hydrogen-bond donors (Lipinski definition) is 0. The number of ether oxygens (including phenoxy) is 1. The molecular weight excluding hydrogens is 281 g/mol. The van der Waals surface area contributed by atoms with Crippen molar-refractivity contribution >= 4 is 0 Å². The molecule has 108 valence electrons. The van der Waals surface area contributed by atoms with E-state index in [0.717, 1.165) is 12.1 Å². The smallest absolute Gasteiger partial charge is 0.416 e. The average Bonchev–Trinajstić information content (AvgIpc) is 2.37. The Morgan fingerprint density at radius 1 is 1.19 bits per heavy atom. The van der Waals surface area contributed by atoms with Gasteiger partial charge in [-0.05, 0) is 43.7 Å². The maximum absolute atomic E-state index is 12.7. The Morgan fingerprint density at radius 3 is 2.52 bits per heavy atom. The van der Waals surface area contributed by atoms with Gasteiger partial charge in [-0.3, -0.25) is 0 Å². The van der Waals surface area contributed by atoms with Crippen LogP contribution in [0.2, 0.25) is 0 Å². The quantitative estimate of drug-likeness (QED) is 0.825. The van der Waals surface area contributed by atoms with Crippen LogP contribution in [0.3, 0.4) is 0 Å². The van der Waals surface area contributed by atoms with Crippen molar-refractivity contribution < 1.29 is 17.9 Å². The molecule has 0 N–H and O–H groups in total. The van der Waals surface area contributed by atoms with Crippen LogP contribution in [0.5, 0.6) is 11.6 Å². The summed E-state index contributed by atoms with van der Waals surface area (Å²) in [7, 11) is 0. The Labute approximate surface area is 119 Å². The Morgan fingerprint density at radius 2 is 1.90 bits per heavy atom. The molecule has 0 aliphatic heterocycles. The van der Waals surface area contributed by atoms with E-state index in [1.54, 1.807) is 19.9 Å². The summed E-state index contributed by atoms with van der Waals surface area (Å²) >= 11 is 0. The maximum atomic E-state index is 12.7. The van der Waals surface area contributed by atoms with Crippen molar-refractivity contribution in [3.05, 3.63) is 52.7 Å². The topological polar surface area (TPSA) is 45.9 Å². The minimum Gasteiger partial charge on any atom is -0.438 e. The van der Waals surface area contributed by atoms with Crippen molar-refractivity contribution in [2.24, 2.45) is 0 Å². The number of nitriles is 1. The first kappa shape index (κ1) is 14.9. The van der Waals surface area contributed by atoms with Crippen LogP contribution in [0.1, 0.15) is 22.4 Å². The summed E-state index contributed by atoms with van der Waals surface area (Å²) in [6.07, 6.45) is -4.45. The number of aromatic nitrogens is 1. The number of halogens is 3. The molecule has 21 heavy (non-hydrogen) atoms. The van der Waals surface area contributed by atoms with Gasteiger partial charge in [0.15, 0.2) is 0 Å². The van der Waals surface area contributed by atoms with Gasteiger partial charge in [-0.2, -0.15) is 18.4 Å². The monoisotopic (exact) mass is 292 g/mol. The number of benzene rings is 1. The Hall–Kier alpha value is -2.55. The third-order valence-electron chi connectivity index (χ3n) is 2.80. The lowest BCUT2D eigenvalue weighted by Gasteiger charge is -2.11. The molecule has 3 nitrogen and oxygen atoms in total. The predicted molar refractivity (Wildman–Crippen MR) is 69.9 cm³/mol. The summed E-state index contributed by atoms with van der Waals surface area (Å²) < 4.78 is 43.3. The Kier molecular flexibility index (Phi) is 3.85. The zero-order valence-corrected chi connectivity index (χ0v) is 11.3. The van der Waals surface area contributed by atoms with E-state index < -0.39 is 11.7 Å². The molecule has 0 saturated carbocycles. The lowest BCUT2D eigenvalue weighted by Crippen LogP contribution is -2.05. The van der Waals surface area contributed by atoms with E-state index in [9.17, 15) is 13.2 Å². The zero-order valence-electron chi connectivity index (χ0n) is 11.3. The van der Waals surface area contributed by atoms with Crippen molar-refractivity contribution in [1.82, 2.24) is 4.98 Å². The maximum Gasteiger partial charge on any atom is 0.416 e. The molecule has 0 radical (unpaired) electrons. The van der Waals surface area contributed by atoms with Gasteiger partial charge in [0.05, 0.1) is 5.56 Å². The highest BCUT2D eigenvalue weighted by Crippen LogP contribution is 2.33. The van der Waals surface area contributed by atoms with Crippen LogP contribution in [0.25, 0.3) is 0 Å². The second-order valence-corrected chi connectivity index (χ2v) is 4.50. The van der Waals surface area contributed by atoms with E-state index in [1.807, 2.05) is 6.07 Å². The highest BCUT2D eigenvalue weighted by Gasteiger charge is 2.30. The minimum atomic E-state index is -4.45. The van der Waals surface area contributed by atoms with Crippen LogP contribution in [-0.4, -0.2) is 4.98 Å². The average molecular weight is 292 g/mol. The van der Waals surface area contributed by atoms with Crippen LogP contribution in [-0.2, 0) is 6.18 Å². The number of alkyl halides is 3. The number of hydrogen-bond acceptors (Lipinski definition) is 3. The summed E-state index contributed by atoms with van der Waals surface area (Å²) in [5.41, 5.74) is 0.668. The standard InChI is InChI=1S/C15H11F3N2O/c1-9-6-10(2)20-14(13(9)8-19)21-12-5-3-4-11(7-12)15(16,17)18/h3-7H,1-2H3. The van der Waals surface area contributed by atoms with Gasteiger partial charge in [0, 0.05) is 5.69 Å². The Balaban J connectivity index is 2.42. The molecule has 0 unspecified atom stereocenters. The van der Waals surface area contributed by atoms with Gasteiger partial charge < -0.3 is 4.74 Å². The summed E-state index contributed by atoms with van der Waals surface area (Å²) in [6, 6.07) is 8.11. The lowest BCUT2D eigenvalue weighted by atomic mass is 10.1. The molecule has 0 bridgehead atoms. The highest BCUT2D eigenvalue weighted by atomic mass is 19.4. The Bertz CT molecular complexity index is 718. The fourth-order valence-corrected chi connectivity index (χ4v) is 1.86. The molecule has 2 rings (SSSR count). The summed E-state index contributed by atoms with van der Waals surface area (Å²) in [5, 5.41) is 9.10. The molecule has 1 aromatic heterocycles. The molecule has 0 aliphatic rings. The molecule has 2 aromatic rings. The molecule has 0 aliphatic carbocycles. The zero-order chi connectivity index (χ0) is 15.6. The fraction of sp³-hybridized carbons (Fsp3) is 0.200. The van der Waals surface area contributed by atoms with Crippen molar-refractivity contribution in [2.75, 3.05) is 0 Å². The molecule has 6 heteroatoms. The van der Waals surface area contributed by atoms with E-state index in [1.165, 1.54) is 12.1 Å².